The summed E-state index contributed by atoms with van der Waals surface area (Å²) >= 11 is 0. The number of likely N-dealkylation sites (tertiary alicyclic amines) is 1. The molecule has 0 unspecified atom stereocenters. The highest BCUT2D eigenvalue weighted by Gasteiger charge is 2.30. The highest BCUT2D eigenvalue weighted by molar-refractivity contribution is 5.83. The predicted molar refractivity (Wildman–Crippen MR) is 97.6 cm³/mol. The highest BCUT2D eigenvalue weighted by atomic mass is 16.5. The van der Waals surface area contributed by atoms with Crippen LogP contribution in [0, 0.1) is 5.92 Å². The fraction of sp³-hybridized carbons (Fsp3) is 0.526. The van der Waals surface area contributed by atoms with E-state index in [2.05, 4.69) is 0 Å². The maximum atomic E-state index is 12.9. The molecule has 0 aromatic heterocycles. The van der Waals surface area contributed by atoms with Gasteiger partial charge in [0, 0.05) is 38.5 Å². The average Bonchev–Trinajstić information content (AvgIpc) is 2.66. The topological polar surface area (TPSA) is 96.4 Å². The monoisotopic (exact) mass is 378 g/mol. The molecule has 8 nitrogen and oxygen atoms in total. The molecule has 8 heteroatoms. The van der Waals surface area contributed by atoms with Gasteiger partial charge in [-0.3, -0.25) is 14.4 Å². The van der Waals surface area contributed by atoms with E-state index in [1.165, 1.54) is 26.0 Å². The van der Waals surface area contributed by atoms with E-state index in [0.29, 0.717) is 37.4 Å². The van der Waals surface area contributed by atoms with E-state index in [-0.39, 0.29) is 30.8 Å². The van der Waals surface area contributed by atoms with Gasteiger partial charge in [0.25, 0.3) is 0 Å². The van der Waals surface area contributed by atoms with Crippen LogP contribution in [0.15, 0.2) is 18.2 Å². The molecule has 1 aromatic rings. The number of carboxylic acids is 1. The first-order chi connectivity index (χ1) is 12.8. The minimum atomic E-state index is -1.07. The molecule has 1 saturated heterocycles. The summed E-state index contributed by atoms with van der Waals surface area (Å²) < 4.78 is 10.5. The Balaban J connectivity index is 2.14. The van der Waals surface area contributed by atoms with E-state index >= 15 is 0 Å². The zero-order valence-electron chi connectivity index (χ0n) is 15.9. The van der Waals surface area contributed by atoms with Gasteiger partial charge in [-0.25, -0.2) is 0 Å². The molecule has 0 atom stereocenters. The maximum Gasteiger partial charge on any atom is 0.323 e. The molecule has 148 valence electrons. The molecule has 0 radical (unpaired) electrons. The lowest BCUT2D eigenvalue weighted by molar-refractivity contribution is -0.148. The van der Waals surface area contributed by atoms with E-state index in [4.69, 9.17) is 9.47 Å². The number of carboxylic acid groups (broad SMARTS) is 1. The van der Waals surface area contributed by atoms with Crippen LogP contribution in [0.4, 0.5) is 0 Å². The summed E-state index contributed by atoms with van der Waals surface area (Å²) in [4.78, 5) is 38.7. The van der Waals surface area contributed by atoms with Gasteiger partial charge in [0.1, 0.15) is 18.0 Å². The SMILES string of the molecule is COc1cc(CN(CC(=O)O)C(=O)C2CCN(C(C)=O)CC2)cc(OC)c1. The summed E-state index contributed by atoms with van der Waals surface area (Å²) in [5.74, 6) is -0.426. The van der Waals surface area contributed by atoms with Crippen LogP contribution >= 0.6 is 0 Å². The summed E-state index contributed by atoms with van der Waals surface area (Å²) in [6.07, 6.45) is 1.08. The van der Waals surface area contributed by atoms with Crippen molar-refractivity contribution in [3.05, 3.63) is 23.8 Å². The molecule has 2 amide bonds. The molecule has 0 spiro atoms. The standard InChI is InChI=1S/C19H26N2O6/c1-13(22)20-6-4-15(5-7-20)19(25)21(12-18(23)24)11-14-8-16(26-2)10-17(9-14)27-3/h8-10,15H,4-7,11-12H2,1-3H3,(H,23,24). The van der Waals surface area contributed by atoms with Crippen molar-refractivity contribution in [1.29, 1.82) is 0 Å². The van der Waals surface area contributed by atoms with Gasteiger partial charge in [-0.1, -0.05) is 0 Å². The number of rotatable bonds is 7. The average molecular weight is 378 g/mol. The number of carbonyl (C=O) groups excluding carboxylic acids is 2. The van der Waals surface area contributed by atoms with Crippen LogP contribution in [0.5, 0.6) is 11.5 Å². The number of methoxy groups -OCH3 is 2. The number of hydrogen-bond acceptors (Lipinski definition) is 5. The summed E-state index contributed by atoms with van der Waals surface area (Å²) in [5.41, 5.74) is 0.724. The molecule has 1 N–H and O–H groups in total. The molecule has 1 aliphatic heterocycles. The Bertz CT molecular complexity index is 675. The zero-order chi connectivity index (χ0) is 20.0. The van der Waals surface area contributed by atoms with Crippen molar-refractivity contribution < 1.29 is 29.0 Å². The molecular weight excluding hydrogens is 352 g/mol. The number of ether oxygens (including phenoxy) is 2. The third kappa shape index (κ3) is 5.60. The van der Waals surface area contributed by atoms with Crippen molar-refractivity contribution >= 4 is 17.8 Å². The van der Waals surface area contributed by atoms with Gasteiger partial charge in [0.2, 0.25) is 11.8 Å². The van der Waals surface area contributed by atoms with E-state index in [9.17, 15) is 19.5 Å². The van der Waals surface area contributed by atoms with Crippen molar-refractivity contribution in [2.75, 3.05) is 33.9 Å². The number of benzene rings is 1. The molecular formula is C19H26N2O6. The summed E-state index contributed by atoms with van der Waals surface area (Å²) in [6.45, 7) is 2.30. The van der Waals surface area contributed by atoms with Crippen LogP contribution in [0.1, 0.15) is 25.3 Å². The minimum absolute atomic E-state index is 0.00762. The van der Waals surface area contributed by atoms with Gasteiger partial charge < -0.3 is 24.4 Å². The fourth-order valence-corrected chi connectivity index (χ4v) is 3.25. The molecule has 1 aromatic carbocycles. The first-order valence-electron chi connectivity index (χ1n) is 8.82. The van der Waals surface area contributed by atoms with Crippen LogP contribution in [-0.2, 0) is 20.9 Å². The van der Waals surface area contributed by atoms with Crippen LogP contribution in [0.2, 0.25) is 0 Å². The van der Waals surface area contributed by atoms with Crippen LogP contribution in [0.25, 0.3) is 0 Å². The maximum absolute atomic E-state index is 12.9. The van der Waals surface area contributed by atoms with Gasteiger partial charge in [0.15, 0.2) is 0 Å². The van der Waals surface area contributed by atoms with E-state index in [1.807, 2.05) is 0 Å². The quantitative estimate of drug-likeness (QED) is 0.770. The molecule has 1 heterocycles. The van der Waals surface area contributed by atoms with Gasteiger partial charge in [-0.2, -0.15) is 0 Å². The third-order valence-electron chi connectivity index (χ3n) is 4.71. The molecule has 0 bridgehead atoms. The van der Waals surface area contributed by atoms with Gasteiger partial charge >= 0.3 is 5.97 Å². The van der Waals surface area contributed by atoms with Gasteiger partial charge in [0.05, 0.1) is 14.2 Å². The summed E-state index contributed by atoms with van der Waals surface area (Å²) in [6, 6.07) is 5.22. The van der Waals surface area contributed by atoms with E-state index in [0.717, 1.165) is 5.56 Å². The number of carbonyl (C=O) groups is 3. The van der Waals surface area contributed by atoms with Crippen LogP contribution in [-0.4, -0.2) is 66.5 Å². The smallest absolute Gasteiger partial charge is 0.323 e. The Hall–Kier alpha value is -2.77. The first kappa shape index (κ1) is 20.5. The van der Waals surface area contributed by atoms with Gasteiger partial charge in [-0.05, 0) is 30.5 Å². The van der Waals surface area contributed by atoms with Crippen LogP contribution in [0.3, 0.4) is 0 Å². The number of piperidine rings is 1. The molecule has 1 aliphatic rings. The van der Waals surface area contributed by atoms with Crippen molar-refractivity contribution in [3.8, 4) is 11.5 Å². The van der Waals surface area contributed by atoms with Crippen molar-refractivity contribution in [3.63, 3.8) is 0 Å². The number of aliphatic carboxylic acids is 1. The lowest BCUT2D eigenvalue weighted by Crippen LogP contribution is -2.45. The minimum Gasteiger partial charge on any atom is -0.497 e. The molecule has 2 rings (SSSR count). The second-order valence-electron chi connectivity index (χ2n) is 6.59. The van der Waals surface area contributed by atoms with Crippen molar-refractivity contribution in [2.24, 2.45) is 5.92 Å². The van der Waals surface area contributed by atoms with Crippen LogP contribution < -0.4 is 9.47 Å². The van der Waals surface area contributed by atoms with Crippen molar-refractivity contribution in [2.45, 2.75) is 26.3 Å². The van der Waals surface area contributed by atoms with Gasteiger partial charge in [-0.15, -0.1) is 0 Å². The van der Waals surface area contributed by atoms with E-state index < -0.39 is 5.97 Å². The molecule has 27 heavy (non-hydrogen) atoms. The first-order valence-corrected chi connectivity index (χ1v) is 8.82. The third-order valence-corrected chi connectivity index (χ3v) is 4.71. The second kappa shape index (κ2) is 9.25. The zero-order valence-corrected chi connectivity index (χ0v) is 15.9. The Morgan fingerprint density at radius 1 is 1.11 bits per heavy atom. The molecule has 0 aliphatic carbocycles. The van der Waals surface area contributed by atoms with Crippen molar-refractivity contribution in [1.82, 2.24) is 9.80 Å². The number of hydrogen-bond donors (Lipinski definition) is 1. The normalized spacial score (nSPS) is 14.6. The summed E-state index contributed by atoms with van der Waals surface area (Å²) in [7, 11) is 3.06. The Labute approximate surface area is 158 Å². The second-order valence-corrected chi connectivity index (χ2v) is 6.59. The number of amides is 2. The Morgan fingerprint density at radius 3 is 2.11 bits per heavy atom. The molecule has 0 saturated carbocycles. The Morgan fingerprint density at radius 2 is 1.67 bits per heavy atom. The molecule has 1 fully saturated rings. The lowest BCUT2D eigenvalue weighted by atomic mass is 9.95. The predicted octanol–water partition coefficient (Wildman–Crippen LogP) is 1.38. The summed E-state index contributed by atoms with van der Waals surface area (Å²) in [5, 5.41) is 9.23. The highest BCUT2D eigenvalue weighted by Crippen LogP contribution is 2.25. The van der Waals surface area contributed by atoms with E-state index in [1.54, 1.807) is 23.1 Å². The fourth-order valence-electron chi connectivity index (χ4n) is 3.25. The Kier molecular flexibility index (Phi) is 7.04. The number of nitrogens with zero attached hydrogens (tertiary/aromatic N) is 2. The largest absolute Gasteiger partial charge is 0.497 e. The lowest BCUT2D eigenvalue weighted by Gasteiger charge is -2.33.